The van der Waals surface area contributed by atoms with Gasteiger partial charge in [-0.15, -0.1) is 0 Å². The van der Waals surface area contributed by atoms with Crippen LogP contribution in [0.1, 0.15) is 24.0 Å². The molecule has 0 aromatic heterocycles. The van der Waals surface area contributed by atoms with Crippen LogP contribution in [0.25, 0.3) is 0 Å². The lowest BCUT2D eigenvalue weighted by Gasteiger charge is -2.22. The van der Waals surface area contributed by atoms with Crippen molar-refractivity contribution in [2.24, 2.45) is 11.5 Å². The van der Waals surface area contributed by atoms with Crippen molar-refractivity contribution in [3.63, 3.8) is 0 Å². The van der Waals surface area contributed by atoms with E-state index >= 15 is 0 Å². The van der Waals surface area contributed by atoms with Crippen molar-refractivity contribution in [2.45, 2.75) is 25.5 Å². The molecule has 2 aromatic carbocycles. The van der Waals surface area contributed by atoms with Gasteiger partial charge in [-0.1, -0.05) is 48.5 Å². The predicted molar refractivity (Wildman–Crippen MR) is 82.7 cm³/mol. The Balaban J connectivity index is 2.15. The normalized spacial score (nSPS) is 13.8. The first-order valence-electron chi connectivity index (χ1n) is 6.93. The zero-order valence-corrected chi connectivity index (χ0v) is 11.8. The molecule has 106 valence electrons. The Morgan fingerprint density at radius 3 is 2.30 bits per heavy atom. The molecule has 0 aliphatic rings. The van der Waals surface area contributed by atoms with Gasteiger partial charge in [0, 0.05) is 24.1 Å². The summed E-state index contributed by atoms with van der Waals surface area (Å²) in [7, 11) is 0. The van der Waals surface area contributed by atoms with Crippen LogP contribution in [0.2, 0.25) is 0 Å². The average molecular weight is 270 g/mol. The molecule has 2 atom stereocenters. The summed E-state index contributed by atoms with van der Waals surface area (Å²) in [6.45, 7) is 3.04. The van der Waals surface area contributed by atoms with E-state index < -0.39 is 0 Å². The fourth-order valence-electron chi connectivity index (χ4n) is 2.28. The van der Waals surface area contributed by atoms with Crippen LogP contribution in [0, 0.1) is 0 Å². The monoisotopic (exact) mass is 270 g/mol. The molecule has 2 rings (SSSR count). The maximum Gasteiger partial charge on any atom is 0.123 e. The Labute approximate surface area is 120 Å². The van der Waals surface area contributed by atoms with Crippen molar-refractivity contribution in [1.82, 2.24) is 0 Å². The molecule has 0 spiro atoms. The number of hydrogen-bond acceptors (Lipinski definition) is 3. The van der Waals surface area contributed by atoms with Gasteiger partial charge >= 0.3 is 0 Å². The van der Waals surface area contributed by atoms with Gasteiger partial charge in [0.25, 0.3) is 0 Å². The van der Waals surface area contributed by atoms with Crippen molar-refractivity contribution in [3.8, 4) is 5.75 Å². The first kappa shape index (κ1) is 14.6. The highest BCUT2D eigenvalue weighted by atomic mass is 16.5. The van der Waals surface area contributed by atoms with E-state index in [4.69, 9.17) is 16.2 Å². The third kappa shape index (κ3) is 3.59. The quantitative estimate of drug-likeness (QED) is 0.848. The van der Waals surface area contributed by atoms with Gasteiger partial charge < -0.3 is 16.2 Å². The number of hydrogen-bond donors (Lipinski definition) is 2. The second-order valence-corrected chi connectivity index (χ2v) is 5.01. The van der Waals surface area contributed by atoms with Gasteiger partial charge in [0.2, 0.25) is 0 Å². The van der Waals surface area contributed by atoms with E-state index in [-0.39, 0.29) is 12.0 Å². The third-order valence-corrected chi connectivity index (χ3v) is 3.44. The molecule has 0 bridgehead atoms. The molecule has 0 heterocycles. The SMILES string of the molecule is CC(N)C(CN)c1ccccc1OCc1ccccc1. The lowest BCUT2D eigenvalue weighted by molar-refractivity contribution is 0.299. The highest BCUT2D eigenvalue weighted by Gasteiger charge is 2.18. The summed E-state index contributed by atoms with van der Waals surface area (Å²) < 4.78 is 5.95. The number of rotatable bonds is 6. The van der Waals surface area contributed by atoms with Crippen LogP contribution in [0.15, 0.2) is 54.6 Å². The standard InChI is InChI=1S/C17H22N2O/c1-13(19)16(11-18)15-9-5-6-10-17(15)20-12-14-7-3-2-4-8-14/h2-10,13,16H,11-12,18-19H2,1H3. The van der Waals surface area contributed by atoms with E-state index in [0.29, 0.717) is 13.2 Å². The Kier molecular flexibility index (Phi) is 5.16. The average Bonchev–Trinajstić information content (AvgIpc) is 2.48. The molecule has 3 heteroatoms. The summed E-state index contributed by atoms with van der Waals surface area (Å²) in [5, 5.41) is 0. The van der Waals surface area contributed by atoms with Gasteiger partial charge in [-0.3, -0.25) is 0 Å². The van der Waals surface area contributed by atoms with E-state index in [0.717, 1.165) is 16.9 Å². The molecular weight excluding hydrogens is 248 g/mol. The number of benzene rings is 2. The Hall–Kier alpha value is -1.84. The molecule has 20 heavy (non-hydrogen) atoms. The zero-order chi connectivity index (χ0) is 14.4. The van der Waals surface area contributed by atoms with Gasteiger partial charge in [-0.05, 0) is 18.6 Å². The molecule has 0 aliphatic heterocycles. The van der Waals surface area contributed by atoms with Gasteiger partial charge in [0.05, 0.1) is 0 Å². The van der Waals surface area contributed by atoms with Crippen molar-refractivity contribution in [1.29, 1.82) is 0 Å². The van der Waals surface area contributed by atoms with Crippen LogP contribution in [0.4, 0.5) is 0 Å². The summed E-state index contributed by atoms with van der Waals surface area (Å²) in [6.07, 6.45) is 0. The first-order valence-corrected chi connectivity index (χ1v) is 6.93. The smallest absolute Gasteiger partial charge is 0.123 e. The molecule has 4 N–H and O–H groups in total. The molecule has 2 unspecified atom stereocenters. The summed E-state index contributed by atoms with van der Waals surface area (Å²) >= 11 is 0. The highest BCUT2D eigenvalue weighted by Crippen LogP contribution is 2.28. The molecule has 0 fully saturated rings. The first-order chi connectivity index (χ1) is 9.72. The Morgan fingerprint density at radius 1 is 1.00 bits per heavy atom. The maximum absolute atomic E-state index is 6.02. The summed E-state index contributed by atoms with van der Waals surface area (Å²) in [5.74, 6) is 0.978. The van der Waals surface area contributed by atoms with E-state index in [2.05, 4.69) is 12.1 Å². The summed E-state index contributed by atoms with van der Waals surface area (Å²) in [4.78, 5) is 0. The minimum Gasteiger partial charge on any atom is -0.489 e. The highest BCUT2D eigenvalue weighted by molar-refractivity contribution is 5.37. The van der Waals surface area contributed by atoms with E-state index in [1.807, 2.05) is 49.4 Å². The number of ether oxygens (including phenoxy) is 1. The molecule has 0 amide bonds. The molecular formula is C17H22N2O. The Bertz CT molecular complexity index is 526. The summed E-state index contributed by atoms with van der Waals surface area (Å²) in [5.41, 5.74) is 14.1. The van der Waals surface area contributed by atoms with E-state index in [1.54, 1.807) is 0 Å². The number of nitrogens with two attached hydrogens (primary N) is 2. The minimum absolute atomic E-state index is 0.00137. The third-order valence-electron chi connectivity index (χ3n) is 3.44. The van der Waals surface area contributed by atoms with Crippen LogP contribution in [-0.2, 0) is 6.61 Å². The maximum atomic E-state index is 6.02. The van der Waals surface area contributed by atoms with Gasteiger partial charge in [-0.2, -0.15) is 0 Å². The Morgan fingerprint density at radius 2 is 1.65 bits per heavy atom. The largest absolute Gasteiger partial charge is 0.489 e. The minimum atomic E-state index is 0.00137. The van der Waals surface area contributed by atoms with Crippen molar-refractivity contribution in [2.75, 3.05) is 6.54 Å². The number of para-hydroxylation sites is 1. The molecule has 0 radical (unpaired) electrons. The van der Waals surface area contributed by atoms with Crippen molar-refractivity contribution in [3.05, 3.63) is 65.7 Å². The fraction of sp³-hybridized carbons (Fsp3) is 0.294. The van der Waals surface area contributed by atoms with Crippen LogP contribution < -0.4 is 16.2 Å². The van der Waals surface area contributed by atoms with Crippen LogP contribution in [0.5, 0.6) is 5.75 Å². The van der Waals surface area contributed by atoms with Gasteiger partial charge in [0.1, 0.15) is 12.4 Å². The molecule has 2 aromatic rings. The van der Waals surface area contributed by atoms with Crippen molar-refractivity contribution >= 4 is 0 Å². The van der Waals surface area contributed by atoms with Gasteiger partial charge in [-0.25, -0.2) is 0 Å². The van der Waals surface area contributed by atoms with Crippen LogP contribution >= 0.6 is 0 Å². The van der Waals surface area contributed by atoms with Crippen LogP contribution in [0.3, 0.4) is 0 Å². The van der Waals surface area contributed by atoms with Crippen molar-refractivity contribution < 1.29 is 4.74 Å². The predicted octanol–water partition coefficient (Wildman–Crippen LogP) is 2.66. The zero-order valence-electron chi connectivity index (χ0n) is 11.8. The topological polar surface area (TPSA) is 61.3 Å². The molecule has 0 aliphatic carbocycles. The molecule has 0 saturated carbocycles. The molecule has 3 nitrogen and oxygen atoms in total. The fourth-order valence-corrected chi connectivity index (χ4v) is 2.28. The van der Waals surface area contributed by atoms with E-state index in [1.165, 1.54) is 0 Å². The summed E-state index contributed by atoms with van der Waals surface area (Å²) in [6, 6.07) is 18.1. The lowest BCUT2D eigenvalue weighted by atomic mass is 9.92. The second kappa shape index (κ2) is 7.08. The molecule has 0 saturated heterocycles. The van der Waals surface area contributed by atoms with Crippen LogP contribution in [-0.4, -0.2) is 12.6 Å². The van der Waals surface area contributed by atoms with E-state index in [9.17, 15) is 0 Å². The van der Waals surface area contributed by atoms with Gasteiger partial charge in [0.15, 0.2) is 0 Å². The lowest BCUT2D eigenvalue weighted by Crippen LogP contribution is -2.30. The second-order valence-electron chi connectivity index (χ2n) is 5.01.